The summed E-state index contributed by atoms with van der Waals surface area (Å²) >= 11 is 1.01. The number of hydrogen-bond donors (Lipinski definition) is 1. The maximum absolute atomic E-state index is 13.5. The van der Waals surface area contributed by atoms with Gasteiger partial charge in [0.25, 0.3) is 5.56 Å². The van der Waals surface area contributed by atoms with Crippen LogP contribution in [0.5, 0.6) is 0 Å². The van der Waals surface area contributed by atoms with Crippen LogP contribution in [0.25, 0.3) is 16.6 Å². The number of nitrogens with zero attached hydrogens (tertiary/aromatic N) is 2. The number of rotatable bonds is 5. The van der Waals surface area contributed by atoms with E-state index in [0.29, 0.717) is 16.6 Å². The number of thioether (sulfide) groups is 1. The SMILES string of the molecule is Cc1cccc(C)c1-n1c(SC(C)C(=O)Nc2ccccc2C(F)(F)F)nc2ccccc2c1=O. The minimum absolute atomic E-state index is 0.276. The van der Waals surface area contributed by atoms with Crippen molar-refractivity contribution in [3.05, 3.63) is 93.8 Å². The van der Waals surface area contributed by atoms with Crippen molar-refractivity contribution >= 4 is 34.3 Å². The van der Waals surface area contributed by atoms with Crippen LogP contribution in [0.4, 0.5) is 18.9 Å². The van der Waals surface area contributed by atoms with Crippen molar-refractivity contribution in [3.8, 4) is 5.69 Å². The van der Waals surface area contributed by atoms with Gasteiger partial charge in [-0.05, 0) is 56.2 Å². The first-order valence-electron chi connectivity index (χ1n) is 10.8. The van der Waals surface area contributed by atoms with Crippen LogP contribution >= 0.6 is 11.8 Å². The highest BCUT2D eigenvalue weighted by atomic mass is 32.2. The van der Waals surface area contributed by atoms with Gasteiger partial charge in [0.2, 0.25) is 5.91 Å². The molecule has 1 N–H and O–H groups in total. The Morgan fingerprint density at radius 3 is 2.29 bits per heavy atom. The summed E-state index contributed by atoms with van der Waals surface area (Å²) < 4.78 is 41.5. The highest BCUT2D eigenvalue weighted by Crippen LogP contribution is 2.35. The lowest BCUT2D eigenvalue weighted by atomic mass is 10.1. The Bertz CT molecular complexity index is 1460. The second-order valence-electron chi connectivity index (χ2n) is 8.09. The predicted molar refractivity (Wildman–Crippen MR) is 132 cm³/mol. The molecule has 9 heteroatoms. The molecule has 0 fully saturated rings. The molecule has 3 aromatic carbocycles. The second-order valence-corrected chi connectivity index (χ2v) is 9.39. The molecule has 0 aliphatic heterocycles. The fraction of sp³-hybridized carbons (Fsp3) is 0.192. The van der Waals surface area contributed by atoms with Crippen LogP contribution in [-0.2, 0) is 11.0 Å². The van der Waals surface area contributed by atoms with Crippen LogP contribution in [0.2, 0.25) is 0 Å². The summed E-state index contributed by atoms with van der Waals surface area (Å²) in [6.45, 7) is 5.32. The molecule has 1 amide bonds. The number of hydrogen-bond acceptors (Lipinski definition) is 4. The maximum Gasteiger partial charge on any atom is 0.418 e. The van der Waals surface area contributed by atoms with Crippen LogP contribution < -0.4 is 10.9 Å². The Labute approximate surface area is 204 Å². The quantitative estimate of drug-likeness (QED) is 0.266. The van der Waals surface area contributed by atoms with E-state index in [0.717, 1.165) is 29.0 Å². The monoisotopic (exact) mass is 497 g/mol. The highest BCUT2D eigenvalue weighted by Gasteiger charge is 2.34. The van der Waals surface area contributed by atoms with E-state index < -0.39 is 22.9 Å². The third-order valence-electron chi connectivity index (χ3n) is 5.55. The third-order valence-corrected chi connectivity index (χ3v) is 6.60. The van der Waals surface area contributed by atoms with Crippen LogP contribution in [0.3, 0.4) is 0 Å². The number of fused-ring (bicyclic) bond motifs is 1. The summed E-state index contributed by atoms with van der Waals surface area (Å²) in [5.74, 6) is -0.637. The number of carbonyl (C=O) groups is 1. The molecule has 1 heterocycles. The van der Waals surface area contributed by atoms with Crippen molar-refractivity contribution in [2.24, 2.45) is 0 Å². The molecule has 35 heavy (non-hydrogen) atoms. The van der Waals surface area contributed by atoms with Gasteiger partial charge in [-0.2, -0.15) is 13.2 Å². The summed E-state index contributed by atoms with van der Waals surface area (Å²) in [5.41, 5.74) is 1.29. The standard InChI is InChI=1S/C26H22F3N3O2S/c1-15-9-8-10-16(2)22(15)32-24(34)18-11-4-6-13-20(18)31-25(32)35-17(3)23(33)30-21-14-7-5-12-19(21)26(27,28)29/h4-14,17H,1-3H3,(H,30,33). The molecule has 0 aliphatic carbocycles. The molecule has 4 aromatic rings. The fourth-order valence-electron chi connectivity index (χ4n) is 3.83. The third kappa shape index (κ3) is 4.95. The lowest BCUT2D eigenvalue weighted by Crippen LogP contribution is -2.27. The number of nitrogens with one attached hydrogen (secondary N) is 1. The molecule has 1 atom stereocenters. The van der Waals surface area contributed by atoms with E-state index in [1.807, 2.05) is 32.0 Å². The first-order valence-corrected chi connectivity index (χ1v) is 11.7. The van der Waals surface area contributed by atoms with E-state index in [2.05, 4.69) is 10.3 Å². The molecule has 0 aliphatic rings. The average molecular weight is 498 g/mol. The topological polar surface area (TPSA) is 64.0 Å². The molecule has 0 radical (unpaired) electrons. The van der Waals surface area contributed by atoms with Gasteiger partial charge in [0, 0.05) is 0 Å². The van der Waals surface area contributed by atoms with E-state index in [1.54, 1.807) is 31.2 Å². The minimum atomic E-state index is -4.61. The summed E-state index contributed by atoms with van der Waals surface area (Å²) in [5, 5.41) is 2.23. The van der Waals surface area contributed by atoms with Crippen molar-refractivity contribution in [1.29, 1.82) is 0 Å². The Kier molecular flexibility index (Phi) is 6.71. The molecular formula is C26H22F3N3O2S. The van der Waals surface area contributed by atoms with Gasteiger partial charge in [-0.25, -0.2) is 4.98 Å². The van der Waals surface area contributed by atoms with Crippen LogP contribution in [0.15, 0.2) is 76.7 Å². The van der Waals surface area contributed by atoms with E-state index in [9.17, 15) is 22.8 Å². The molecule has 4 rings (SSSR count). The highest BCUT2D eigenvalue weighted by molar-refractivity contribution is 8.00. The maximum atomic E-state index is 13.5. The lowest BCUT2D eigenvalue weighted by Gasteiger charge is -2.20. The van der Waals surface area contributed by atoms with Gasteiger partial charge >= 0.3 is 6.18 Å². The molecule has 5 nitrogen and oxygen atoms in total. The zero-order chi connectivity index (χ0) is 25.3. The van der Waals surface area contributed by atoms with Crippen LogP contribution in [0.1, 0.15) is 23.6 Å². The van der Waals surface area contributed by atoms with Gasteiger partial charge in [-0.15, -0.1) is 0 Å². The van der Waals surface area contributed by atoms with E-state index in [1.165, 1.54) is 22.8 Å². The molecule has 1 unspecified atom stereocenters. The number of aromatic nitrogens is 2. The Morgan fingerprint density at radius 2 is 1.60 bits per heavy atom. The van der Waals surface area contributed by atoms with Crippen molar-refractivity contribution in [2.45, 2.75) is 37.4 Å². The fourth-order valence-corrected chi connectivity index (χ4v) is 4.75. The summed E-state index contributed by atoms with van der Waals surface area (Å²) in [6, 6.07) is 17.4. The zero-order valence-corrected chi connectivity index (χ0v) is 20.0. The summed E-state index contributed by atoms with van der Waals surface area (Å²) in [7, 11) is 0. The average Bonchev–Trinajstić information content (AvgIpc) is 2.80. The normalized spacial score (nSPS) is 12.5. The van der Waals surface area contributed by atoms with Crippen molar-refractivity contribution < 1.29 is 18.0 Å². The molecule has 180 valence electrons. The van der Waals surface area contributed by atoms with Gasteiger partial charge in [0.1, 0.15) is 0 Å². The molecule has 0 saturated heterocycles. The first kappa shape index (κ1) is 24.5. The first-order chi connectivity index (χ1) is 16.6. The van der Waals surface area contributed by atoms with Gasteiger partial charge < -0.3 is 5.32 Å². The van der Waals surface area contributed by atoms with E-state index in [-0.39, 0.29) is 16.4 Å². The summed E-state index contributed by atoms with van der Waals surface area (Å²) in [6.07, 6.45) is -4.61. The molecule has 1 aromatic heterocycles. The van der Waals surface area contributed by atoms with Gasteiger partial charge in [0.15, 0.2) is 5.16 Å². The Morgan fingerprint density at radius 1 is 0.971 bits per heavy atom. The van der Waals surface area contributed by atoms with Gasteiger partial charge in [0.05, 0.1) is 33.1 Å². The smallest absolute Gasteiger partial charge is 0.325 e. The van der Waals surface area contributed by atoms with Gasteiger partial charge in [-0.1, -0.05) is 54.2 Å². The second kappa shape index (κ2) is 9.58. The molecule has 0 spiro atoms. The summed E-state index contributed by atoms with van der Waals surface area (Å²) in [4.78, 5) is 31.1. The largest absolute Gasteiger partial charge is 0.418 e. The number of aryl methyl sites for hydroxylation is 2. The zero-order valence-electron chi connectivity index (χ0n) is 19.2. The van der Waals surface area contributed by atoms with Crippen molar-refractivity contribution in [1.82, 2.24) is 9.55 Å². The molecule has 0 saturated carbocycles. The number of amides is 1. The number of carbonyl (C=O) groups excluding carboxylic acids is 1. The number of anilines is 1. The van der Waals surface area contributed by atoms with Crippen LogP contribution in [-0.4, -0.2) is 20.7 Å². The van der Waals surface area contributed by atoms with E-state index >= 15 is 0 Å². The number of halogens is 3. The molecular weight excluding hydrogens is 475 g/mol. The Hall–Kier alpha value is -3.59. The predicted octanol–water partition coefficient (Wildman–Crippen LogP) is 6.14. The Balaban J connectivity index is 1.76. The van der Waals surface area contributed by atoms with Crippen molar-refractivity contribution in [2.75, 3.05) is 5.32 Å². The number of benzene rings is 3. The lowest BCUT2D eigenvalue weighted by molar-refractivity contribution is -0.137. The number of para-hydroxylation sites is 3. The minimum Gasteiger partial charge on any atom is -0.325 e. The van der Waals surface area contributed by atoms with Gasteiger partial charge in [-0.3, -0.25) is 14.2 Å². The van der Waals surface area contributed by atoms with Crippen molar-refractivity contribution in [3.63, 3.8) is 0 Å². The number of alkyl halides is 3. The molecule has 0 bridgehead atoms. The van der Waals surface area contributed by atoms with Crippen LogP contribution in [0, 0.1) is 13.8 Å². The van der Waals surface area contributed by atoms with E-state index in [4.69, 9.17) is 0 Å².